The van der Waals surface area contributed by atoms with E-state index in [1.165, 1.54) is 0 Å². The lowest BCUT2D eigenvalue weighted by Crippen LogP contribution is -2.46. The number of benzene rings is 2. The van der Waals surface area contributed by atoms with Gasteiger partial charge < -0.3 is 20.7 Å². The summed E-state index contributed by atoms with van der Waals surface area (Å²) in [4.78, 5) is 25.1. The first-order valence-corrected chi connectivity index (χ1v) is 8.70. The van der Waals surface area contributed by atoms with Crippen LogP contribution in [0.25, 0.3) is 0 Å². The van der Waals surface area contributed by atoms with E-state index in [1.54, 1.807) is 38.3 Å². The topological polar surface area (TPSA) is 79.5 Å². The molecule has 2 aromatic rings. The van der Waals surface area contributed by atoms with Crippen molar-refractivity contribution in [3.8, 4) is 5.75 Å². The minimum atomic E-state index is -0.517. The SMILES string of the molecule is COc1ccc(NC(=O)C2=C(C)NC(=O)N[C@@H]2c2cc(C)ccc2C)cc1. The van der Waals surface area contributed by atoms with Crippen LogP contribution in [0.1, 0.15) is 29.7 Å². The van der Waals surface area contributed by atoms with Crippen molar-refractivity contribution in [2.75, 3.05) is 12.4 Å². The van der Waals surface area contributed by atoms with Crippen molar-refractivity contribution in [2.45, 2.75) is 26.8 Å². The summed E-state index contributed by atoms with van der Waals surface area (Å²) in [6, 6.07) is 12.3. The summed E-state index contributed by atoms with van der Waals surface area (Å²) in [6.45, 7) is 5.69. The first kappa shape index (κ1) is 18.5. The second-order valence-electron chi connectivity index (χ2n) is 6.61. The second-order valence-corrected chi connectivity index (χ2v) is 6.61. The van der Waals surface area contributed by atoms with E-state index in [9.17, 15) is 9.59 Å². The summed E-state index contributed by atoms with van der Waals surface area (Å²) in [7, 11) is 1.59. The van der Waals surface area contributed by atoms with Crippen LogP contribution in [0.3, 0.4) is 0 Å². The van der Waals surface area contributed by atoms with Gasteiger partial charge in [0.05, 0.1) is 18.7 Å². The molecule has 0 saturated heterocycles. The molecule has 0 aromatic heterocycles. The third-order valence-corrected chi connectivity index (χ3v) is 4.61. The third-order valence-electron chi connectivity index (χ3n) is 4.61. The number of nitrogens with one attached hydrogen (secondary N) is 3. The monoisotopic (exact) mass is 365 g/mol. The standard InChI is InChI=1S/C21H23N3O3/c1-12-5-6-13(2)17(11-12)19-18(14(3)22-21(26)24-19)20(25)23-15-7-9-16(27-4)10-8-15/h5-11,19H,1-4H3,(H,23,25)(H2,22,24,26)/t19-/m1/s1. The molecule has 27 heavy (non-hydrogen) atoms. The fourth-order valence-corrected chi connectivity index (χ4v) is 3.17. The van der Waals surface area contributed by atoms with Crippen LogP contribution in [-0.2, 0) is 4.79 Å². The summed E-state index contributed by atoms with van der Waals surface area (Å²) in [6.07, 6.45) is 0. The summed E-state index contributed by atoms with van der Waals surface area (Å²) in [5.74, 6) is 0.444. The molecule has 0 radical (unpaired) electrons. The average Bonchev–Trinajstić information content (AvgIpc) is 2.63. The quantitative estimate of drug-likeness (QED) is 0.775. The zero-order valence-electron chi connectivity index (χ0n) is 15.8. The van der Waals surface area contributed by atoms with E-state index in [-0.39, 0.29) is 11.9 Å². The molecule has 0 fully saturated rings. The highest BCUT2D eigenvalue weighted by Gasteiger charge is 2.32. The average molecular weight is 365 g/mol. The molecule has 1 aliphatic rings. The van der Waals surface area contributed by atoms with Crippen molar-refractivity contribution in [3.63, 3.8) is 0 Å². The molecule has 0 saturated carbocycles. The normalized spacial score (nSPS) is 16.4. The number of aryl methyl sites for hydroxylation is 2. The molecule has 1 heterocycles. The Bertz CT molecular complexity index is 917. The number of hydrogen-bond donors (Lipinski definition) is 3. The van der Waals surface area contributed by atoms with E-state index in [1.807, 2.05) is 32.0 Å². The Morgan fingerprint density at radius 2 is 1.78 bits per heavy atom. The van der Waals surface area contributed by atoms with Crippen LogP contribution >= 0.6 is 0 Å². The van der Waals surface area contributed by atoms with Crippen LogP contribution in [0.4, 0.5) is 10.5 Å². The van der Waals surface area contributed by atoms with Crippen molar-refractivity contribution in [1.29, 1.82) is 0 Å². The molecular formula is C21H23N3O3. The van der Waals surface area contributed by atoms with Gasteiger partial charge in [-0.1, -0.05) is 23.8 Å². The number of amides is 3. The van der Waals surface area contributed by atoms with Gasteiger partial charge in [-0.2, -0.15) is 0 Å². The van der Waals surface area contributed by atoms with E-state index >= 15 is 0 Å². The Kier molecular flexibility index (Phi) is 5.16. The largest absolute Gasteiger partial charge is 0.497 e. The van der Waals surface area contributed by atoms with Gasteiger partial charge in [-0.05, 0) is 56.2 Å². The molecule has 3 rings (SSSR count). The Morgan fingerprint density at radius 3 is 2.44 bits per heavy atom. The predicted octanol–water partition coefficient (Wildman–Crippen LogP) is 3.58. The second kappa shape index (κ2) is 7.53. The molecule has 1 atom stereocenters. The summed E-state index contributed by atoms with van der Waals surface area (Å²) in [5, 5.41) is 8.47. The summed E-state index contributed by atoms with van der Waals surface area (Å²) in [5.41, 5.74) is 4.66. The van der Waals surface area contributed by atoms with E-state index < -0.39 is 6.04 Å². The van der Waals surface area contributed by atoms with Crippen LogP contribution < -0.4 is 20.7 Å². The maximum absolute atomic E-state index is 13.0. The molecule has 6 heteroatoms. The van der Waals surface area contributed by atoms with Gasteiger partial charge in [0.1, 0.15) is 5.75 Å². The minimum absolute atomic E-state index is 0.268. The summed E-state index contributed by atoms with van der Waals surface area (Å²) >= 11 is 0. The fraction of sp³-hybridized carbons (Fsp3) is 0.238. The van der Waals surface area contributed by atoms with E-state index in [4.69, 9.17) is 4.74 Å². The molecule has 0 spiro atoms. The van der Waals surface area contributed by atoms with Gasteiger partial charge in [0.15, 0.2) is 0 Å². The molecular weight excluding hydrogens is 342 g/mol. The smallest absolute Gasteiger partial charge is 0.319 e. The highest BCUT2D eigenvalue weighted by Crippen LogP contribution is 2.30. The van der Waals surface area contributed by atoms with Crippen LogP contribution in [0.15, 0.2) is 53.7 Å². The number of ether oxygens (including phenoxy) is 1. The number of anilines is 1. The number of rotatable bonds is 4. The van der Waals surface area contributed by atoms with Crippen LogP contribution in [0.5, 0.6) is 5.75 Å². The van der Waals surface area contributed by atoms with Gasteiger partial charge in [-0.25, -0.2) is 4.79 Å². The van der Waals surface area contributed by atoms with Gasteiger partial charge in [-0.15, -0.1) is 0 Å². The Labute approximate surface area is 158 Å². The lowest BCUT2D eigenvalue weighted by atomic mass is 9.90. The molecule has 0 aliphatic carbocycles. The Balaban J connectivity index is 1.95. The highest BCUT2D eigenvalue weighted by molar-refractivity contribution is 6.06. The van der Waals surface area contributed by atoms with Gasteiger partial charge in [0.25, 0.3) is 5.91 Å². The van der Waals surface area contributed by atoms with Crippen molar-refractivity contribution in [1.82, 2.24) is 10.6 Å². The van der Waals surface area contributed by atoms with E-state index in [0.29, 0.717) is 22.7 Å². The van der Waals surface area contributed by atoms with Crippen LogP contribution in [0.2, 0.25) is 0 Å². The number of carbonyl (C=O) groups excluding carboxylic acids is 2. The first-order chi connectivity index (χ1) is 12.9. The van der Waals surface area contributed by atoms with Crippen molar-refractivity contribution in [2.24, 2.45) is 0 Å². The first-order valence-electron chi connectivity index (χ1n) is 8.70. The number of allylic oxidation sites excluding steroid dienone is 1. The Morgan fingerprint density at radius 1 is 1.07 bits per heavy atom. The number of methoxy groups -OCH3 is 1. The van der Waals surface area contributed by atoms with Gasteiger partial charge >= 0.3 is 6.03 Å². The molecule has 6 nitrogen and oxygen atoms in total. The van der Waals surface area contributed by atoms with Crippen molar-refractivity contribution < 1.29 is 14.3 Å². The molecule has 3 amide bonds. The molecule has 140 valence electrons. The van der Waals surface area contributed by atoms with Gasteiger partial charge in [0.2, 0.25) is 0 Å². The maximum Gasteiger partial charge on any atom is 0.319 e. The van der Waals surface area contributed by atoms with Crippen LogP contribution in [-0.4, -0.2) is 19.0 Å². The highest BCUT2D eigenvalue weighted by atomic mass is 16.5. The van der Waals surface area contributed by atoms with Crippen molar-refractivity contribution >= 4 is 17.6 Å². The number of hydrogen-bond acceptors (Lipinski definition) is 3. The Hall–Kier alpha value is -3.28. The number of urea groups is 1. The van der Waals surface area contributed by atoms with Crippen molar-refractivity contribution in [3.05, 3.63) is 70.4 Å². The van der Waals surface area contributed by atoms with Gasteiger partial charge in [-0.3, -0.25) is 4.79 Å². The molecule has 0 bridgehead atoms. The molecule has 2 aromatic carbocycles. The zero-order chi connectivity index (χ0) is 19.6. The van der Waals surface area contributed by atoms with Gasteiger partial charge in [0, 0.05) is 11.4 Å². The maximum atomic E-state index is 13.0. The zero-order valence-corrected chi connectivity index (χ0v) is 15.8. The minimum Gasteiger partial charge on any atom is -0.497 e. The molecule has 1 aliphatic heterocycles. The van der Waals surface area contributed by atoms with E-state index in [2.05, 4.69) is 16.0 Å². The molecule has 3 N–H and O–H groups in total. The van der Waals surface area contributed by atoms with Crippen LogP contribution in [0, 0.1) is 13.8 Å². The number of carbonyl (C=O) groups is 2. The van der Waals surface area contributed by atoms with E-state index in [0.717, 1.165) is 16.7 Å². The summed E-state index contributed by atoms with van der Waals surface area (Å²) < 4.78 is 5.14. The molecule has 0 unspecified atom stereocenters. The predicted molar refractivity (Wildman–Crippen MR) is 105 cm³/mol. The fourth-order valence-electron chi connectivity index (χ4n) is 3.17. The third kappa shape index (κ3) is 3.95. The lowest BCUT2D eigenvalue weighted by Gasteiger charge is -2.29. The lowest BCUT2D eigenvalue weighted by molar-refractivity contribution is -0.113.